The van der Waals surface area contributed by atoms with Gasteiger partial charge in [0.15, 0.2) is 11.3 Å². The van der Waals surface area contributed by atoms with E-state index < -0.39 is 0 Å². The Hall–Kier alpha value is -1.35. The zero-order valence-electron chi connectivity index (χ0n) is 13.9. The highest BCUT2D eigenvalue weighted by molar-refractivity contribution is 6.10. The second-order valence-corrected chi connectivity index (χ2v) is 7.18. The number of hydrogen-bond acceptors (Lipinski definition) is 1. The zero-order valence-corrected chi connectivity index (χ0v) is 14.7. The van der Waals surface area contributed by atoms with Crippen molar-refractivity contribution in [3.05, 3.63) is 35.4 Å². The molecule has 1 atom stereocenters. The minimum absolute atomic E-state index is 0. The van der Waals surface area contributed by atoms with E-state index in [9.17, 15) is 4.79 Å². The van der Waals surface area contributed by atoms with Gasteiger partial charge in [0, 0.05) is 25.8 Å². The lowest BCUT2D eigenvalue weighted by Crippen LogP contribution is -3.00. The first-order valence-corrected chi connectivity index (χ1v) is 7.83. The molecule has 0 bridgehead atoms. The zero-order chi connectivity index (χ0) is 15.6. The summed E-state index contributed by atoms with van der Waals surface area (Å²) in [6.45, 7) is 8.69. The molecule has 0 aliphatic carbocycles. The number of halogens is 1. The summed E-state index contributed by atoms with van der Waals surface area (Å²) in [7, 11) is 0. The summed E-state index contributed by atoms with van der Waals surface area (Å²) in [6.07, 6.45) is 2.77. The highest BCUT2D eigenvalue weighted by Gasteiger charge is 2.38. The molecule has 3 nitrogen and oxygen atoms in total. The maximum absolute atomic E-state index is 12.0. The van der Waals surface area contributed by atoms with Crippen LogP contribution in [0.3, 0.4) is 0 Å². The fourth-order valence-electron chi connectivity index (χ4n) is 3.09. The third kappa shape index (κ3) is 4.33. The SMILES string of the molecule is CC(C)CCC(C(N)=O)C1=[NH+]C(C)(C)Cc2ccccc21.[Cl-]. The summed E-state index contributed by atoms with van der Waals surface area (Å²) in [5.41, 5.74) is 9.12. The summed E-state index contributed by atoms with van der Waals surface area (Å²) in [6, 6.07) is 8.33. The number of carbonyl (C=O) groups is 1. The van der Waals surface area contributed by atoms with E-state index in [-0.39, 0.29) is 29.8 Å². The second kappa shape index (κ2) is 7.28. The van der Waals surface area contributed by atoms with E-state index in [1.54, 1.807) is 0 Å². The van der Waals surface area contributed by atoms with Crippen LogP contribution >= 0.6 is 0 Å². The van der Waals surface area contributed by atoms with Gasteiger partial charge in [-0.2, -0.15) is 0 Å². The molecule has 3 N–H and O–H groups in total. The van der Waals surface area contributed by atoms with Crippen LogP contribution in [0, 0.1) is 11.8 Å². The Morgan fingerprint density at radius 1 is 1.27 bits per heavy atom. The van der Waals surface area contributed by atoms with Gasteiger partial charge in [-0.15, -0.1) is 0 Å². The minimum Gasteiger partial charge on any atom is -1.00 e. The minimum atomic E-state index is -0.231. The van der Waals surface area contributed by atoms with Crippen molar-refractivity contribution in [1.29, 1.82) is 0 Å². The monoisotopic (exact) mass is 322 g/mol. The first kappa shape index (κ1) is 18.7. The Bertz CT molecular complexity index is 564. The van der Waals surface area contributed by atoms with Crippen molar-refractivity contribution in [2.75, 3.05) is 0 Å². The fraction of sp³-hybridized carbons (Fsp3) is 0.556. The van der Waals surface area contributed by atoms with Crippen LogP contribution < -0.4 is 23.1 Å². The number of benzene rings is 1. The van der Waals surface area contributed by atoms with Gasteiger partial charge in [-0.25, -0.2) is 4.99 Å². The van der Waals surface area contributed by atoms with Crippen LogP contribution in [0.5, 0.6) is 0 Å². The van der Waals surface area contributed by atoms with E-state index in [0.717, 1.165) is 30.5 Å². The molecule has 1 aliphatic heterocycles. The quantitative estimate of drug-likeness (QED) is 0.676. The molecule has 1 aromatic rings. The normalized spacial score (nSPS) is 17.2. The largest absolute Gasteiger partial charge is 1.00 e. The molecular formula is C18H27ClN2O. The molecule has 0 spiro atoms. The Balaban J connectivity index is 0.00000242. The standard InChI is InChI=1S/C18H26N2O.ClH/c1-12(2)9-10-15(17(19)21)16-14-8-6-5-7-13(14)11-18(3,4)20-16;/h5-8,12,15H,9-11H2,1-4H3,(H2,19,21);1H. The number of nitrogens with one attached hydrogen (secondary N) is 1. The molecule has 1 aliphatic rings. The van der Waals surface area contributed by atoms with Crippen molar-refractivity contribution in [1.82, 2.24) is 0 Å². The predicted octanol–water partition coefficient (Wildman–Crippen LogP) is -1.57. The van der Waals surface area contributed by atoms with Crippen molar-refractivity contribution < 1.29 is 22.2 Å². The number of carbonyl (C=O) groups excluding carboxylic acids is 1. The average Bonchev–Trinajstić information content (AvgIpc) is 2.36. The summed E-state index contributed by atoms with van der Waals surface area (Å²) < 4.78 is 0. The van der Waals surface area contributed by atoms with Gasteiger partial charge >= 0.3 is 0 Å². The van der Waals surface area contributed by atoms with Crippen LogP contribution in [0.1, 0.15) is 51.7 Å². The number of nitrogens with two attached hydrogens (primary N) is 1. The van der Waals surface area contributed by atoms with Gasteiger partial charge in [0.1, 0.15) is 5.92 Å². The summed E-state index contributed by atoms with van der Waals surface area (Å²) in [4.78, 5) is 15.6. The van der Waals surface area contributed by atoms with Gasteiger partial charge in [-0.05, 0) is 30.4 Å². The number of hydrogen-bond donors (Lipinski definition) is 2. The lowest BCUT2D eigenvalue weighted by molar-refractivity contribution is -0.547. The van der Waals surface area contributed by atoms with Crippen molar-refractivity contribution in [2.24, 2.45) is 17.6 Å². The Morgan fingerprint density at radius 2 is 1.91 bits per heavy atom. The van der Waals surface area contributed by atoms with E-state index in [0.29, 0.717) is 5.92 Å². The van der Waals surface area contributed by atoms with Crippen molar-refractivity contribution in [3.8, 4) is 0 Å². The van der Waals surface area contributed by atoms with Crippen LogP contribution in [0.2, 0.25) is 0 Å². The van der Waals surface area contributed by atoms with Crippen LogP contribution in [0.25, 0.3) is 0 Å². The molecule has 2 rings (SSSR count). The van der Waals surface area contributed by atoms with Crippen LogP contribution in [-0.4, -0.2) is 17.2 Å². The number of rotatable bonds is 5. The van der Waals surface area contributed by atoms with Gasteiger partial charge in [0.25, 0.3) is 0 Å². The molecule has 0 saturated heterocycles. The molecule has 0 saturated carbocycles. The van der Waals surface area contributed by atoms with Crippen LogP contribution in [0.15, 0.2) is 24.3 Å². The van der Waals surface area contributed by atoms with Gasteiger partial charge < -0.3 is 18.1 Å². The molecule has 0 aromatic heterocycles. The Morgan fingerprint density at radius 3 is 2.50 bits per heavy atom. The number of fused-ring (bicyclic) bond motifs is 1. The van der Waals surface area contributed by atoms with Gasteiger partial charge in [0.05, 0.1) is 0 Å². The Kier molecular flexibility index (Phi) is 6.18. The molecule has 0 radical (unpaired) electrons. The summed E-state index contributed by atoms with van der Waals surface area (Å²) in [5.74, 6) is 0.109. The lowest BCUT2D eigenvalue weighted by atomic mass is 9.81. The van der Waals surface area contributed by atoms with E-state index >= 15 is 0 Å². The van der Waals surface area contributed by atoms with Gasteiger partial charge in [-0.3, -0.25) is 4.79 Å². The fourth-order valence-corrected chi connectivity index (χ4v) is 3.09. The van der Waals surface area contributed by atoms with E-state index in [4.69, 9.17) is 5.73 Å². The smallest absolute Gasteiger partial charge is 0.231 e. The van der Waals surface area contributed by atoms with E-state index in [1.165, 1.54) is 5.56 Å². The van der Waals surface area contributed by atoms with E-state index in [2.05, 4.69) is 50.9 Å². The molecule has 1 heterocycles. The van der Waals surface area contributed by atoms with E-state index in [1.807, 2.05) is 6.07 Å². The maximum atomic E-state index is 12.0. The number of primary amides is 1. The molecular weight excluding hydrogens is 296 g/mol. The van der Waals surface area contributed by atoms with Crippen molar-refractivity contribution in [2.45, 2.75) is 52.5 Å². The summed E-state index contributed by atoms with van der Waals surface area (Å²) >= 11 is 0. The molecule has 1 unspecified atom stereocenters. The van der Waals surface area contributed by atoms with Crippen LogP contribution in [-0.2, 0) is 11.2 Å². The molecule has 1 aromatic carbocycles. The number of amides is 1. The van der Waals surface area contributed by atoms with Crippen molar-refractivity contribution in [3.63, 3.8) is 0 Å². The second-order valence-electron chi connectivity index (χ2n) is 7.18. The lowest BCUT2D eigenvalue weighted by Gasteiger charge is -2.26. The third-order valence-electron chi connectivity index (χ3n) is 4.14. The molecule has 1 amide bonds. The molecule has 4 heteroatoms. The highest BCUT2D eigenvalue weighted by atomic mass is 35.5. The molecule has 22 heavy (non-hydrogen) atoms. The van der Waals surface area contributed by atoms with Crippen molar-refractivity contribution >= 4 is 11.6 Å². The third-order valence-corrected chi connectivity index (χ3v) is 4.14. The summed E-state index contributed by atoms with van der Waals surface area (Å²) in [5, 5.41) is 0. The molecule has 122 valence electrons. The van der Waals surface area contributed by atoms with Crippen LogP contribution in [0.4, 0.5) is 0 Å². The first-order valence-electron chi connectivity index (χ1n) is 7.83. The topological polar surface area (TPSA) is 57.1 Å². The van der Waals surface area contributed by atoms with Gasteiger partial charge in [0.2, 0.25) is 5.91 Å². The predicted molar refractivity (Wildman–Crippen MR) is 86.1 cm³/mol. The Labute approximate surface area is 139 Å². The average molecular weight is 323 g/mol. The highest BCUT2D eigenvalue weighted by Crippen LogP contribution is 2.23. The van der Waals surface area contributed by atoms with Gasteiger partial charge in [-0.1, -0.05) is 32.0 Å². The maximum Gasteiger partial charge on any atom is 0.231 e. The first-order chi connectivity index (χ1) is 9.80. The molecule has 0 fully saturated rings.